The normalized spacial score (nSPS) is 10.6. The lowest BCUT2D eigenvalue weighted by atomic mass is 10.2. The van der Waals surface area contributed by atoms with Gasteiger partial charge in [-0.15, -0.1) is 11.3 Å². The van der Waals surface area contributed by atoms with E-state index in [1.807, 2.05) is 6.07 Å². The molecule has 0 radical (unpaired) electrons. The lowest BCUT2D eigenvalue weighted by molar-refractivity contribution is 0.0532. The van der Waals surface area contributed by atoms with E-state index in [1.54, 1.807) is 44.4 Å². The van der Waals surface area contributed by atoms with E-state index in [-0.39, 0.29) is 17.4 Å². The number of fused-ring (bicyclic) bond motifs is 1. The van der Waals surface area contributed by atoms with E-state index < -0.39 is 0 Å². The van der Waals surface area contributed by atoms with Gasteiger partial charge < -0.3 is 14.6 Å². The van der Waals surface area contributed by atoms with Gasteiger partial charge in [0.05, 0.1) is 6.61 Å². The standard InChI is InChI=1S/C18H16N2O4S/c1-3-24-18(23)15-9-12-8-13(4-5-14(12)25-15)19-17(22)11-6-7-20(2)16(21)10-11/h4-10H,3H2,1-2H3,(H,19,22). The molecule has 2 aromatic heterocycles. The fourth-order valence-corrected chi connectivity index (χ4v) is 3.25. The number of carbonyl (C=O) groups is 2. The summed E-state index contributed by atoms with van der Waals surface area (Å²) >= 11 is 1.34. The van der Waals surface area contributed by atoms with Crippen LogP contribution in [-0.2, 0) is 11.8 Å². The Balaban J connectivity index is 1.83. The number of rotatable bonds is 4. The molecule has 0 fully saturated rings. The Labute approximate surface area is 147 Å². The summed E-state index contributed by atoms with van der Waals surface area (Å²) in [5, 5.41) is 3.60. The van der Waals surface area contributed by atoms with Crippen molar-refractivity contribution >= 4 is 39.0 Å². The number of nitrogens with one attached hydrogen (secondary N) is 1. The Morgan fingerprint density at radius 1 is 1.20 bits per heavy atom. The maximum atomic E-state index is 12.3. The SMILES string of the molecule is CCOC(=O)c1cc2cc(NC(=O)c3ccn(C)c(=O)c3)ccc2s1. The molecule has 0 unspecified atom stereocenters. The summed E-state index contributed by atoms with van der Waals surface area (Å²) in [6.07, 6.45) is 1.55. The van der Waals surface area contributed by atoms with Crippen molar-refractivity contribution in [2.45, 2.75) is 6.92 Å². The van der Waals surface area contributed by atoms with Gasteiger partial charge in [0, 0.05) is 35.3 Å². The van der Waals surface area contributed by atoms with Crippen LogP contribution in [0.2, 0.25) is 0 Å². The molecule has 7 heteroatoms. The van der Waals surface area contributed by atoms with E-state index in [0.29, 0.717) is 22.7 Å². The van der Waals surface area contributed by atoms with Crippen LogP contribution in [0.3, 0.4) is 0 Å². The lowest BCUT2D eigenvalue weighted by Crippen LogP contribution is -2.19. The molecule has 0 spiro atoms. The number of amides is 1. The van der Waals surface area contributed by atoms with Crippen molar-refractivity contribution in [1.29, 1.82) is 0 Å². The minimum atomic E-state index is -0.363. The van der Waals surface area contributed by atoms with Crippen molar-refractivity contribution in [2.24, 2.45) is 7.05 Å². The molecule has 128 valence electrons. The van der Waals surface area contributed by atoms with Crippen molar-refractivity contribution in [2.75, 3.05) is 11.9 Å². The molecule has 2 heterocycles. The van der Waals surface area contributed by atoms with Crippen molar-refractivity contribution in [3.8, 4) is 0 Å². The van der Waals surface area contributed by atoms with Crippen molar-refractivity contribution in [3.63, 3.8) is 0 Å². The topological polar surface area (TPSA) is 77.4 Å². The fraction of sp³-hybridized carbons (Fsp3) is 0.167. The summed E-state index contributed by atoms with van der Waals surface area (Å²) in [6.45, 7) is 2.08. The minimum absolute atomic E-state index is 0.250. The van der Waals surface area contributed by atoms with Crippen LogP contribution in [-0.4, -0.2) is 23.1 Å². The van der Waals surface area contributed by atoms with E-state index >= 15 is 0 Å². The van der Waals surface area contributed by atoms with Crippen LogP contribution in [0.5, 0.6) is 0 Å². The molecule has 1 amide bonds. The molecule has 0 bridgehead atoms. The van der Waals surface area contributed by atoms with Gasteiger partial charge in [-0.3, -0.25) is 9.59 Å². The van der Waals surface area contributed by atoms with Gasteiger partial charge in [0.1, 0.15) is 4.88 Å². The summed E-state index contributed by atoms with van der Waals surface area (Å²) in [5.74, 6) is -0.715. The van der Waals surface area contributed by atoms with Crippen LogP contribution in [0, 0.1) is 0 Å². The van der Waals surface area contributed by atoms with Gasteiger partial charge in [-0.2, -0.15) is 0 Å². The number of esters is 1. The molecule has 0 aliphatic carbocycles. The number of hydrogen-bond acceptors (Lipinski definition) is 5. The number of nitrogens with zero attached hydrogens (tertiary/aromatic N) is 1. The number of pyridine rings is 1. The highest BCUT2D eigenvalue weighted by molar-refractivity contribution is 7.20. The number of aromatic nitrogens is 1. The number of benzene rings is 1. The second-order valence-electron chi connectivity index (χ2n) is 5.40. The minimum Gasteiger partial charge on any atom is -0.462 e. The molecule has 1 aromatic carbocycles. The molecule has 1 N–H and O–H groups in total. The smallest absolute Gasteiger partial charge is 0.348 e. The molecule has 0 aliphatic heterocycles. The van der Waals surface area contributed by atoms with Crippen molar-refractivity contribution in [1.82, 2.24) is 4.57 Å². The number of thiophene rings is 1. The lowest BCUT2D eigenvalue weighted by Gasteiger charge is -2.06. The highest BCUT2D eigenvalue weighted by atomic mass is 32.1. The molecule has 3 aromatic rings. The Bertz CT molecular complexity index is 1020. The van der Waals surface area contributed by atoms with Gasteiger partial charge >= 0.3 is 5.97 Å². The summed E-state index contributed by atoms with van der Waals surface area (Å²) in [7, 11) is 1.62. The number of hydrogen-bond donors (Lipinski definition) is 1. The Morgan fingerprint density at radius 2 is 2.00 bits per heavy atom. The van der Waals surface area contributed by atoms with Gasteiger partial charge in [0.15, 0.2) is 0 Å². The predicted molar refractivity (Wildman–Crippen MR) is 97.4 cm³/mol. The first-order valence-electron chi connectivity index (χ1n) is 7.66. The maximum Gasteiger partial charge on any atom is 0.348 e. The highest BCUT2D eigenvalue weighted by Gasteiger charge is 2.12. The average Bonchev–Trinajstić information content (AvgIpc) is 3.01. The maximum absolute atomic E-state index is 12.3. The van der Waals surface area contributed by atoms with E-state index in [1.165, 1.54) is 22.0 Å². The van der Waals surface area contributed by atoms with E-state index in [4.69, 9.17) is 4.74 Å². The first-order chi connectivity index (χ1) is 12.0. The van der Waals surface area contributed by atoms with Crippen LogP contribution < -0.4 is 10.9 Å². The molecule has 0 saturated heterocycles. The highest BCUT2D eigenvalue weighted by Crippen LogP contribution is 2.28. The third-order valence-corrected chi connectivity index (χ3v) is 4.71. The van der Waals surface area contributed by atoms with Gasteiger partial charge in [0.2, 0.25) is 0 Å². The molecule has 0 atom stereocenters. The fourth-order valence-electron chi connectivity index (χ4n) is 2.32. The second kappa shape index (κ2) is 6.90. The quantitative estimate of drug-likeness (QED) is 0.729. The van der Waals surface area contributed by atoms with Crippen molar-refractivity contribution in [3.05, 3.63) is 63.4 Å². The van der Waals surface area contributed by atoms with Gasteiger partial charge in [-0.25, -0.2) is 4.79 Å². The summed E-state index contributed by atoms with van der Waals surface area (Å²) < 4.78 is 7.32. The first-order valence-corrected chi connectivity index (χ1v) is 8.48. The zero-order valence-corrected chi connectivity index (χ0v) is 14.6. The van der Waals surface area contributed by atoms with Crippen molar-refractivity contribution < 1.29 is 14.3 Å². The van der Waals surface area contributed by atoms with Gasteiger partial charge in [-0.1, -0.05) is 0 Å². The van der Waals surface area contributed by atoms with E-state index in [9.17, 15) is 14.4 Å². The molecule has 0 aliphatic rings. The summed E-state index contributed by atoms with van der Waals surface area (Å²) in [5.41, 5.74) is 0.632. The Hall–Kier alpha value is -2.93. The second-order valence-corrected chi connectivity index (χ2v) is 6.49. The third kappa shape index (κ3) is 3.61. The zero-order valence-electron chi connectivity index (χ0n) is 13.7. The van der Waals surface area contributed by atoms with Gasteiger partial charge in [0.25, 0.3) is 11.5 Å². The van der Waals surface area contributed by atoms with Crippen LogP contribution >= 0.6 is 11.3 Å². The van der Waals surface area contributed by atoms with Gasteiger partial charge in [-0.05, 0) is 42.6 Å². The third-order valence-electron chi connectivity index (χ3n) is 3.62. The molecule has 25 heavy (non-hydrogen) atoms. The molecule has 3 rings (SSSR count). The van der Waals surface area contributed by atoms with Crippen LogP contribution in [0.25, 0.3) is 10.1 Å². The predicted octanol–water partition coefficient (Wildman–Crippen LogP) is 3.03. The van der Waals surface area contributed by atoms with Crippen LogP contribution in [0.4, 0.5) is 5.69 Å². The molecular formula is C18H16N2O4S. The Kier molecular flexibility index (Phi) is 4.67. The summed E-state index contributed by atoms with van der Waals surface area (Å²) in [6, 6.07) is 9.99. The zero-order chi connectivity index (χ0) is 18.0. The largest absolute Gasteiger partial charge is 0.462 e. The number of anilines is 1. The van der Waals surface area contributed by atoms with Crippen LogP contribution in [0.1, 0.15) is 27.0 Å². The number of carbonyl (C=O) groups excluding carboxylic acids is 2. The number of aryl methyl sites for hydroxylation is 1. The first kappa shape index (κ1) is 16.9. The van der Waals surface area contributed by atoms with E-state index in [0.717, 1.165) is 10.1 Å². The monoisotopic (exact) mass is 356 g/mol. The molecular weight excluding hydrogens is 340 g/mol. The van der Waals surface area contributed by atoms with E-state index in [2.05, 4.69) is 5.32 Å². The Morgan fingerprint density at radius 3 is 2.72 bits per heavy atom. The molecule has 6 nitrogen and oxygen atoms in total. The molecule has 0 saturated carbocycles. The number of ether oxygens (including phenoxy) is 1. The van der Waals surface area contributed by atoms with Crippen LogP contribution in [0.15, 0.2) is 47.4 Å². The average molecular weight is 356 g/mol. The summed E-state index contributed by atoms with van der Waals surface area (Å²) in [4.78, 5) is 36.2.